The molecule has 1 aromatic carbocycles. The van der Waals surface area contributed by atoms with Gasteiger partial charge in [0.2, 0.25) is 17.7 Å². The lowest BCUT2D eigenvalue weighted by molar-refractivity contribution is -0.147. The first kappa shape index (κ1) is 25.1. The van der Waals surface area contributed by atoms with Crippen molar-refractivity contribution >= 4 is 29.5 Å². The monoisotopic (exact) mass is 509 g/mol. The first-order valence-corrected chi connectivity index (χ1v) is 13.8. The molecule has 36 heavy (non-hydrogen) atoms. The Hall–Kier alpha value is -2.58. The summed E-state index contributed by atoms with van der Waals surface area (Å²) in [5.74, 6) is -1.54. The van der Waals surface area contributed by atoms with E-state index in [1.54, 1.807) is 21.6 Å². The molecule has 1 aromatic rings. The van der Waals surface area contributed by atoms with Gasteiger partial charge in [0.05, 0.1) is 29.2 Å². The van der Waals surface area contributed by atoms with Crippen LogP contribution in [0.5, 0.6) is 0 Å². The lowest BCUT2D eigenvalue weighted by atomic mass is 9.78. The van der Waals surface area contributed by atoms with E-state index in [2.05, 4.69) is 6.08 Å². The van der Waals surface area contributed by atoms with Gasteiger partial charge in [0.1, 0.15) is 6.04 Å². The summed E-state index contributed by atoms with van der Waals surface area (Å²) in [4.78, 5) is 47.6. The molecule has 1 spiro atoms. The predicted octanol–water partition coefficient (Wildman–Crippen LogP) is 2.46. The number of carbonyl (C=O) groups is 3. The molecule has 1 N–H and O–H groups in total. The Morgan fingerprint density at radius 3 is 2.47 bits per heavy atom. The molecule has 7 nitrogen and oxygen atoms in total. The van der Waals surface area contributed by atoms with E-state index in [9.17, 15) is 19.5 Å². The number of hydrogen-bond acceptors (Lipinski definition) is 5. The molecule has 3 amide bonds. The highest BCUT2D eigenvalue weighted by atomic mass is 32.2. The van der Waals surface area contributed by atoms with Gasteiger partial charge >= 0.3 is 0 Å². The van der Waals surface area contributed by atoms with Crippen molar-refractivity contribution in [2.75, 3.05) is 19.7 Å². The fraction of sp³-hybridized carbons (Fsp3) is 0.536. The smallest absolute Gasteiger partial charge is 0.247 e. The number of rotatable bonds is 6. The third kappa shape index (κ3) is 3.80. The molecule has 4 aliphatic heterocycles. The van der Waals surface area contributed by atoms with Gasteiger partial charge in [-0.2, -0.15) is 0 Å². The maximum atomic E-state index is 14.2. The number of hydrogen-bond donors (Lipinski definition) is 1. The topological polar surface area (TPSA) is 81.2 Å². The zero-order valence-electron chi connectivity index (χ0n) is 21.1. The van der Waals surface area contributed by atoms with E-state index in [0.29, 0.717) is 26.1 Å². The van der Waals surface area contributed by atoms with Crippen molar-refractivity contribution in [2.24, 2.45) is 11.8 Å². The van der Waals surface area contributed by atoms with E-state index in [0.717, 1.165) is 5.56 Å². The van der Waals surface area contributed by atoms with Crippen LogP contribution >= 0.6 is 11.8 Å². The Kier molecular flexibility index (Phi) is 6.76. The van der Waals surface area contributed by atoms with E-state index < -0.39 is 28.7 Å². The number of amides is 3. The van der Waals surface area contributed by atoms with Gasteiger partial charge in [0.15, 0.2) is 0 Å². The second-order valence-electron chi connectivity index (χ2n) is 10.5. The van der Waals surface area contributed by atoms with Crippen LogP contribution < -0.4 is 0 Å². The number of carbonyl (C=O) groups excluding carboxylic acids is 3. The van der Waals surface area contributed by atoms with Crippen LogP contribution in [0.2, 0.25) is 0 Å². The highest BCUT2D eigenvalue weighted by Crippen LogP contribution is 2.61. The maximum absolute atomic E-state index is 14.2. The summed E-state index contributed by atoms with van der Waals surface area (Å²) in [6.45, 7) is 7.10. The quantitative estimate of drug-likeness (QED) is 0.596. The standard InChI is InChI=1S/C28H35N3O4S/c1-4-20(17-32)31-24-27(35)30(18(2)3)15-9-13-28(24)23(26(31)34)22-21(36-28)12-8-14-29(25(22)33)16-19-10-6-5-7-11-19/h5-13,18,20-24,32H,4,14-17H2,1-3H3/t20-,21+,22-,23-,24?,28-/m0/s1. The zero-order chi connectivity index (χ0) is 25.6. The Labute approximate surface area is 217 Å². The minimum absolute atomic E-state index is 0.0257. The summed E-state index contributed by atoms with van der Waals surface area (Å²) >= 11 is 1.59. The molecule has 8 heteroatoms. The van der Waals surface area contributed by atoms with Crippen molar-refractivity contribution in [2.45, 2.75) is 61.9 Å². The van der Waals surface area contributed by atoms with E-state index in [1.807, 2.05) is 74.2 Å². The zero-order valence-corrected chi connectivity index (χ0v) is 21.9. The van der Waals surface area contributed by atoms with Gasteiger partial charge in [-0.15, -0.1) is 11.8 Å². The number of aliphatic hydroxyl groups excluding tert-OH is 1. The van der Waals surface area contributed by atoms with E-state index >= 15 is 0 Å². The normalized spacial score (nSPS) is 32.5. The number of benzene rings is 1. The highest BCUT2D eigenvalue weighted by Gasteiger charge is 2.71. The summed E-state index contributed by atoms with van der Waals surface area (Å²) < 4.78 is -0.842. The molecule has 192 valence electrons. The summed E-state index contributed by atoms with van der Waals surface area (Å²) in [6, 6.07) is 8.64. The average molecular weight is 510 g/mol. The van der Waals surface area contributed by atoms with Gasteiger partial charge in [0.25, 0.3) is 0 Å². The van der Waals surface area contributed by atoms with Crippen LogP contribution in [0.4, 0.5) is 0 Å². The van der Waals surface area contributed by atoms with Gasteiger partial charge in [-0.3, -0.25) is 14.4 Å². The number of fused-ring (bicyclic) bond motifs is 2. The van der Waals surface area contributed by atoms with E-state index in [1.165, 1.54) is 0 Å². The predicted molar refractivity (Wildman–Crippen MR) is 140 cm³/mol. The van der Waals surface area contributed by atoms with Crippen molar-refractivity contribution in [3.63, 3.8) is 0 Å². The van der Waals surface area contributed by atoms with Gasteiger partial charge in [-0.05, 0) is 25.8 Å². The molecule has 0 aromatic heterocycles. The van der Waals surface area contributed by atoms with Crippen LogP contribution in [0.15, 0.2) is 54.6 Å². The van der Waals surface area contributed by atoms with Gasteiger partial charge in [-0.25, -0.2) is 0 Å². The summed E-state index contributed by atoms with van der Waals surface area (Å²) in [5, 5.41) is 10.0. The minimum Gasteiger partial charge on any atom is -0.394 e. The average Bonchev–Trinajstić information content (AvgIpc) is 3.18. The van der Waals surface area contributed by atoms with Gasteiger partial charge in [-0.1, -0.05) is 61.6 Å². The molecule has 0 aliphatic carbocycles. The molecule has 2 saturated heterocycles. The molecular weight excluding hydrogens is 474 g/mol. The molecule has 4 aliphatic rings. The number of nitrogens with zero attached hydrogens (tertiary/aromatic N) is 3. The Morgan fingerprint density at radius 2 is 1.81 bits per heavy atom. The van der Waals surface area contributed by atoms with E-state index in [-0.39, 0.29) is 35.6 Å². The van der Waals surface area contributed by atoms with Crippen LogP contribution in [-0.4, -0.2) is 85.3 Å². The Morgan fingerprint density at radius 1 is 1.06 bits per heavy atom. The summed E-state index contributed by atoms with van der Waals surface area (Å²) in [6.07, 6.45) is 8.65. The largest absolute Gasteiger partial charge is 0.394 e. The van der Waals surface area contributed by atoms with E-state index in [4.69, 9.17) is 0 Å². The van der Waals surface area contributed by atoms with Crippen molar-refractivity contribution in [1.29, 1.82) is 0 Å². The molecule has 0 bridgehead atoms. The third-order valence-corrected chi connectivity index (χ3v) is 9.87. The minimum atomic E-state index is -0.842. The molecule has 5 rings (SSSR count). The van der Waals surface area contributed by atoms with Crippen LogP contribution in [0.25, 0.3) is 0 Å². The number of aliphatic hydroxyl groups is 1. The Balaban J connectivity index is 1.58. The van der Waals surface area contributed by atoms with Crippen molar-refractivity contribution in [3.05, 3.63) is 60.2 Å². The second kappa shape index (κ2) is 9.71. The third-order valence-electron chi connectivity index (χ3n) is 8.13. The van der Waals surface area contributed by atoms with Crippen molar-refractivity contribution < 1.29 is 19.5 Å². The van der Waals surface area contributed by atoms with Crippen molar-refractivity contribution in [3.8, 4) is 0 Å². The first-order valence-electron chi connectivity index (χ1n) is 12.9. The van der Waals surface area contributed by atoms with Crippen LogP contribution in [0.1, 0.15) is 32.8 Å². The summed E-state index contributed by atoms with van der Waals surface area (Å²) in [5.41, 5.74) is 1.04. The second-order valence-corrected chi connectivity index (χ2v) is 11.9. The fourth-order valence-electron chi connectivity index (χ4n) is 6.36. The lowest BCUT2D eigenvalue weighted by Crippen LogP contribution is -2.57. The Bertz CT molecular complexity index is 1090. The first-order chi connectivity index (χ1) is 17.3. The SMILES string of the molecule is CC[C@@H](CO)N1C(=O)[C@@H]2[C@H]3C(=O)N(Cc4ccccc4)CC=C[C@H]3S[C@@]23C=CCN(C(C)C)C(=O)C13. The van der Waals surface area contributed by atoms with Crippen LogP contribution in [0.3, 0.4) is 0 Å². The molecule has 6 atom stereocenters. The molecule has 0 saturated carbocycles. The van der Waals surface area contributed by atoms with Crippen molar-refractivity contribution in [1.82, 2.24) is 14.7 Å². The van der Waals surface area contributed by atoms with Crippen LogP contribution in [0, 0.1) is 11.8 Å². The number of thioether (sulfide) groups is 1. The lowest BCUT2D eigenvalue weighted by Gasteiger charge is -2.39. The molecule has 1 unspecified atom stereocenters. The number of likely N-dealkylation sites (tertiary alicyclic amines) is 1. The molecule has 0 radical (unpaired) electrons. The molecule has 2 fully saturated rings. The summed E-state index contributed by atoms with van der Waals surface area (Å²) in [7, 11) is 0. The maximum Gasteiger partial charge on any atom is 0.247 e. The molecule has 4 heterocycles. The molecular formula is C28H35N3O4S. The fourth-order valence-corrected chi connectivity index (χ4v) is 8.36. The highest BCUT2D eigenvalue weighted by molar-refractivity contribution is 8.02. The van der Waals surface area contributed by atoms with Gasteiger partial charge < -0.3 is 19.8 Å². The van der Waals surface area contributed by atoms with Gasteiger partial charge in [0, 0.05) is 30.9 Å². The van der Waals surface area contributed by atoms with Crippen LogP contribution in [-0.2, 0) is 20.9 Å².